The van der Waals surface area contributed by atoms with Gasteiger partial charge >= 0.3 is 0 Å². The fourth-order valence-electron chi connectivity index (χ4n) is 3.47. The van der Waals surface area contributed by atoms with Crippen LogP contribution in [-0.2, 0) is 15.9 Å². The molecule has 0 aromatic heterocycles. The molecule has 0 bridgehead atoms. The van der Waals surface area contributed by atoms with Gasteiger partial charge in [-0.1, -0.05) is 67.6 Å². The molecule has 152 valence electrons. The monoisotopic (exact) mass is 398 g/mol. The van der Waals surface area contributed by atoms with Gasteiger partial charge in [0.1, 0.15) is 13.2 Å². The third-order valence-electron chi connectivity index (χ3n) is 5.00. The minimum Gasteiger partial charge on any atom is -0.476 e. The smallest absolute Gasteiger partial charge is 0.216 e. The molecular weight excluding hydrogens is 372 g/mol. The molecule has 0 atom stereocenters. The largest absolute Gasteiger partial charge is 0.476 e. The SMILES string of the molecule is CCc1cccc(C2=NCCO2)c1.c1ccc(-c2ccccc2C2=NCCO2)cc1. The van der Waals surface area contributed by atoms with E-state index >= 15 is 0 Å². The van der Waals surface area contributed by atoms with Crippen LogP contribution in [0, 0.1) is 0 Å². The zero-order chi connectivity index (χ0) is 20.6. The highest BCUT2D eigenvalue weighted by atomic mass is 16.5. The van der Waals surface area contributed by atoms with Crippen LogP contribution in [0.25, 0.3) is 11.1 Å². The van der Waals surface area contributed by atoms with Crippen LogP contribution in [0.2, 0.25) is 0 Å². The standard InChI is InChI=1S/C15H13NO.C11H13NO/c1-2-6-12(7-3-1)13-8-4-5-9-14(13)15-16-10-11-17-15;1-2-9-4-3-5-10(8-9)11-12-6-7-13-11/h1-9H,10-11H2;3-5,8H,2,6-7H2,1H3. The molecular formula is C26H26N2O2. The molecule has 30 heavy (non-hydrogen) atoms. The van der Waals surface area contributed by atoms with Crippen LogP contribution in [0.3, 0.4) is 0 Å². The van der Waals surface area contributed by atoms with Crippen molar-refractivity contribution in [3.05, 3.63) is 95.6 Å². The van der Waals surface area contributed by atoms with Gasteiger partial charge in [-0.05, 0) is 41.3 Å². The van der Waals surface area contributed by atoms with Gasteiger partial charge in [0.2, 0.25) is 11.8 Å². The van der Waals surface area contributed by atoms with E-state index in [2.05, 4.69) is 59.4 Å². The summed E-state index contributed by atoms with van der Waals surface area (Å²) < 4.78 is 10.9. The van der Waals surface area contributed by atoms with Crippen LogP contribution < -0.4 is 0 Å². The van der Waals surface area contributed by atoms with Crippen molar-refractivity contribution in [3.63, 3.8) is 0 Å². The van der Waals surface area contributed by atoms with E-state index in [-0.39, 0.29) is 0 Å². The normalized spacial score (nSPS) is 14.7. The summed E-state index contributed by atoms with van der Waals surface area (Å²) in [4.78, 5) is 8.66. The van der Waals surface area contributed by atoms with Gasteiger partial charge in [-0.15, -0.1) is 0 Å². The lowest BCUT2D eigenvalue weighted by molar-refractivity contribution is 0.348. The van der Waals surface area contributed by atoms with Gasteiger partial charge < -0.3 is 9.47 Å². The number of hydrogen-bond donors (Lipinski definition) is 0. The number of ether oxygens (including phenoxy) is 2. The molecule has 0 spiro atoms. The number of aliphatic imine (C=N–C) groups is 2. The van der Waals surface area contributed by atoms with E-state index in [0.717, 1.165) is 49.0 Å². The lowest BCUT2D eigenvalue weighted by atomic mass is 10.00. The number of nitrogens with zero attached hydrogens (tertiary/aromatic N) is 2. The quantitative estimate of drug-likeness (QED) is 0.609. The van der Waals surface area contributed by atoms with Crippen LogP contribution in [0.5, 0.6) is 0 Å². The first-order valence-electron chi connectivity index (χ1n) is 10.4. The molecule has 0 amide bonds. The molecule has 0 saturated heterocycles. The van der Waals surface area contributed by atoms with Gasteiger partial charge in [-0.25, -0.2) is 9.98 Å². The Morgan fingerprint density at radius 3 is 1.97 bits per heavy atom. The maximum absolute atomic E-state index is 5.55. The van der Waals surface area contributed by atoms with Gasteiger partial charge in [-0.2, -0.15) is 0 Å². The Labute approximate surface area is 177 Å². The van der Waals surface area contributed by atoms with Crippen molar-refractivity contribution in [1.29, 1.82) is 0 Å². The van der Waals surface area contributed by atoms with E-state index < -0.39 is 0 Å². The zero-order valence-electron chi connectivity index (χ0n) is 17.3. The van der Waals surface area contributed by atoms with E-state index in [4.69, 9.17) is 9.47 Å². The number of rotatable bonds is 4. The van der Waals surface area contributed by atoms with E-state index in [1.807, 2.05) is 36.4 Å². The fourth-order valence-corrected chi connectivity index (χ4v) is 3.47. The Hall–Kier alpha value is -3.40. The molecule has 4 heteroatoms. The second kappa shape index (κ2) is 9.88. The molecule has 0 aliphatic carbocycles. The number of aryl methyl sites for hydroxylation is 1. The van der Waals surface area contributed by atoms with E-state index in [9.17, 15) is 0 Å². The van der Waals surface area contributed by atoms with Crippen molar-refractivity contribution in [2.24, 2.45) is 9.98 Å². The van der Waals surface area contributed by atoms with Crippen LogP contribution in [0.4, 0.5) is 0 Å². The summed E-state index contributed by atoms with van der Waals surface area (Å²) in [7, 11) is 0. The molecule has 0 unspecified atom stereocenters. The molecule has 2 aliphatic heterocycles. The molecule has 2 aliphatic rings. The van der Waals surface area contributed by atoms with E-state index in [0.29, 0.717) is 6.61 Å². The summed E-state index contributed by atoms with van der Waals surface area (Å²) in [6, 6.07) is 26.9. The molecule has 4 nitrogen and oxygen atoms in total. The molecule has 5 rings (SSSR count). The van der Waals surface area contributed by atoms with Crippen molar-refractivity contribution in [3.8, 4) is 11.1 Å². The van der Waals surface area contributed by atoms with Crippen molar-refractivity contribution >= 4 is 11.8 Å². The highest BCUT2D eigenvalue weighted by molar-refractivity contribution is 6.01. The fraction of sp³-hybridized carbons (Fsp3) is 0.231. The van der Waals surface area contributed by atoms with Gasteiger partial charge in [0.25, 0.3) is 0 Å². The van der Waals surface area contributed by atoms with Crippen molar-refractivity contribution < 1.29 is 9.47 Å². The van der Waals surface area contributed by atoms with Crippen LogP contribution in [0.15, 0.2) is 88.8 Å². The first kappa shape index (κ1) is 19.9. The van der Waals surface area contributed by atoms with Crippen molar-refractivity contribution in [1.82, 2.24) is 0 Å². The first-order chi connectivity index (χ1) is 14.8. The molecule has 0 fully saturated rings. The predicted octanol–water partition coefficient (Wildman–Crippen LogP) is 5.16. The molecule has 3 aromatic carbocycles. The average molecular weight is 399 g/mol. The second-order valence-electron chi connectivity index (χ2n) is 7.04. The zero-order valence-corrected chi connectivity index (χ0v) is 17.3. The van der Waals surface area contributed by atoms with E-state index in [1.54, 1.807) is 0 Å². The van der Waals surface area contributed by atoms with Crippen LogP contribution >= 0.6 is 0 Å². The van der Waals surface area contributed by atoms with Crippen LogP contribution in [0.1, 0.15) is 23.6 Å². The second-order valence-corrected chi connectivity index (χ2v) is 7.04. The Morgan fingerprint density at radius 1 is 0.667 bits per heavy atom. The molecule has 0 saturated carbocycles. The van der Waals surface area contributed by atoms with Gasteiger partial charge in [0.05, 0.1) is 13.1 Å². The van der Waals surface area contributed by atoms with Gasteiger partial charge in [0, 0.05) is 11.1 Å². The lowest BCUT2D eigenvalue weighted by Gasteiger charge is -2.09. The van der Waals surface area contributed by atoms with Crippen LogP contribution in [-0.4, -0.2) is 38.1 Å². The topological polar surface area (TPSA) is 43.2 Å². The number of benzene rings is 3. The highest BCUT2D eigenvalue weighted by Gasteiger charge is 2.14. The maximum atomic E-state index is 5.55. The van der Waals surface area contributed by atoms with Gasteiger partial charge in [0.15, 0.2) is 0 Å². The Kier molecular flexibility index (Phi) is 6.55. The predicted molar refractivity (Wildman–Crippen MR) is 122 cm³/mol. The lowest BCUT2D eigenvalue weighted by Crippen LogP contribution is -2.03. The molecule has 2 heterocycles. The Morgan fingerprint density at radius 2 is 1.30 bits per heavy atom. The summed E-state index contributed by atoms with van der Waals surface area (Å²) in [5, 5.41) is 0. The first-order valence-corrected chi connectivity index (χ1v) is 10.4. The highest BCUT2D eigenvalue weighted by Crippen LogP contribution is 2.25. The maximum Gasteiger partial charge on any atom is 0.216 e. The Balaban J connectivity index is 0.000000151. The molecule has 0 radical (unpaired) electrons. The third-order valence-corrected chi connectivity index (χ3v) is 5.00. The van der Waals surface area contributed by atoms with E-state index in [1.165, 1.54) is 16.7 Å². The number of hydrogen-bond acceptors (Lipinski definition) is 4. The summed E-state index contributed by atoms with van der Waals surface area (Å²) >= 11 is 0. The third kappa shape index (κ3) is 4.77. The summed E-state index contributed by atoms with van der Waals surface area (Å²) in [5.74, 6) is 1.57. The summed E-state index contributed by atoms with van der Waals surface area (Å²) in [6.45, 7) is 5.13. The minimum absolute atomic E-state index is 0.693. The Bertz CT molecular complexity index is 1040. The average Bonchev–Trinajstić information content (AvgIpc) is 3.55. The summed E-state index contributed by atoms with van der Waals surface area (Å²) in [5.41, 5.74) is 5.89. The van der Waals surface area contributed by atoms with Crippen molar-refractivity contribution in [2.45, 2.75) is 13.3 Å². The summed E-state index contributed by atoms with van der Waals surface area (Å²) in [6.07, 6.45) is 1.06. The molecule has 0 N–H and O–H groups in total. The van der Waals surface area contributed by atoms with Gasteiger partial charge in [-0.3, -0.25) is 0 Å². The van der Waals surface area contributed by atoms with Crippen molar-refractivity contribution in [2.75, 3.05) is 26.3 Å². The minimum atomic E-state index is 0.693. The molecule has 3 aromatic rings.